The average Bonchev–Trinajstić information content (AvgIpc) is 3.00. The van der Waals surface area contributed by atoms with E-state index >= 15 is 0 Å². The first-order valence-electron chi connectivity index (χ1n) is 14.6. The molecule has 1 heterocycles. The van der Waals surface area contributed by atoms with Crippen LogP contribution in [0, 0.1) is 0 Å². The van der Waals surface area contributed by atoms with E-state index in [-0.39, 0.29) is 18.1 Å². The molecule has 0 aromatic heterocycles. The molecular formula is C36H39NO6. The number of methoxy groups -OCH3 is 2. The minimum Gasteiger partial charge on any atom is -0.496 e. The fourth-order valence-electron chi connectivity index (χ4n) is 5.94. The van der Waals surface area contributed by atoms with Gasteiger partial charge in [-0.3, -0.25) is 4.90 Å². The molecule has 0 saturated heterocycles. The first-order chi connectivity index (χ1) is 20.6. The van der Waals surface area contributed by atoms with Crippen LogP contribution < -0.4 is 9.47 Å². The van der Waals surface area contributed by atoms with Crippen molar-refractivity contribution < 1.29 is 28.5 Å². The first-order valence-corrected chi connectivity index (χ1v) is 14.6. The number of carbonyl (C=O) groups is 2. The Morgan fingerprint density at radius 3 is 2.33 bits per heavy atom. The molecule has 0 radical (unpaired) electrons. The lowest BCUT2D eigenvalue weighted by molar-refractivity contribution is 0.00566. The van der Waals surface area contributed by atoms with E-state index < -0.39 is 17.7 Å². The zero-order chi connectivity index (χ0) is 30.7. The third kappa shape index (κ3) is 6.31. The van der Waals surface area contributed by atoms with Crippen LogP contribution in [0.25, 0.3) is 10.8 Å². The second kappa shape index (κ2) is 12.4. The molecule has 224 valence electrons. The molecule has 1 aliphatic heterocycles. The molecule has 3 atom stereocenters. The highest BCUT2D eigenvalue weighted by molar-refractivity contribution is 5.93. The standard InChI is InChI=1S/C36H39NO6/c1-23(26-17-11-14-24-13-7-8-15-27(24)26)37(35(39)43-36(2,3)4)22-25-21-31(28-16-9-10-20-32(28)42-25)29-18-12-19-30(33(29)40-5)34(38)41-6/h7-20,23,25,31H,21-22H2,1-6H3/t23-,25-,31?/m1/s1. The molecule has 0 spiro atoms. The molecule has 0 saturated carbocycles. The van der Waals surface area contributed by atoms with Crippen LogP contribution in [-0.4, -0.2) is 49.4 Å². The summed E-state index contributed by atoms with van der Waals surface area (Å²) < 4.78 is 23.3. The van der Waals surface area contributed by atoms with Crippen molar-refractivity contribution in [2.24, 2.45) is 0 Å². The van der Waals surface area contributed by atoms with Gasteiger partial charge in [0.25, 0.3) is 0 Å². The fraction of sp³-hybridized carbons (Fsp3) is 0.333. The second-order valence-electron chi connectivity index (χ2n) is 11.9. The lowest BCUT2D eigenvalue weighted by Gasteiger charge is -2.38. The molecule has 0 bridgehead atoms. The Kier molecular flexibility index (Phi) is 8.62. The van der Waals surface area contributed by atoms with Crippen molar-refractivity contribution >= 4 is 22.8 Å². The summed E-state index contributed by atoms with van der Waals surface area (Å²) in [5, 5.41) is 2.19. The summed E-state index contributed by atoms with van der Waals surface area (Å²) in [6, 6.07) is 27.4. The number of amides is 1. The number of hydrogen-bond acceptors (Lipinski definition) is 6. The van der Waals surface area contributed by atoms with Crippen LogP contribution in [0.15, 0.2) is 84.9 Å². The van der Waals surface area contributed by atoms with Gasteiger partial charge in [0.1, 0.15) is 28.8 Å². The number of ether oxygens (including phenoxy) is 4. The van der Waals surface area contributed by atoms with E-state index in [4.69, 9.17) is 18.9 Å². The van der Waals surface area contributed by atoms with Gasteiger partial charge in [-0.15, -0.1) is 0 Å². The number of benzene rings is 4. The Morgan fingerprint density at radius 2 is 1.58 bits per heavy atom. The minimum atomic E-state index is -0.669. The molecule has 5 rings (SSSR count). The zero-order valence-electron chi connectivity index (χ0n) is 25.6. The molecule has 0 N–H and O–H groups in total. The molecular weight excluding hydrogens is 542 g/mol. The summed E-state index contributed by atoms with van der Waals surface area (Å²) in [4.78, 5) is 28.2. The highest BCUT2D eigenvalue weighted by Gasteiger charge is 2.36. The molecule has 4 aromatic rings. The van der Waals surface area contributed by atoms with Gasteiger partial charge in [0.05, 0.1) is 26.8 Å². The Bertz CT molecular complexity index is 1620. The number of fused-ring (bicyclic) bond motifs is 2. The van der Waals surface area contributed by atoms with E-state index in [0.29, 0.717) is 24.3 Å². The number of nitrogens with zero attached hydrogens (tertiary/aromatic N) is 1. The summed E-state index contributed by atoms with van der Waals surface area (Å²) in [6.45, 7) is 7.94. The van der Waals surface area contributed by atoms with E-state index in [1.807, 2.05) is 82.3 Å². The third-order valence-corrected chi connectivity index (χ3v) is 7.89. The number of hydrogen-bond donors (Lipinski definition) is 0. The molecule has 1 unspecified atom stereocenters. The van der Waals surface area contributed by atoms with E-state index in [9.17, 15) is 9.59 Å². The third-order valence-electron chi connectivity index (χ3n) is 7.89. The van der Waals surface area contributed by atoms with Crippen molar-refractivity contribution in [1.29, 1.82) is 0 Å². The van der Waals surface area contributed by atoms with Crippen molar-refractivity contribution in [3.05, 3.63) is 107 Å². The maximum atomic E-state index is 13.8. The second-order valence-corrected chi connectivity index (χ2v) is 11.9. The summed E-state index contributed by atoms with van der Waals surface area (Å²) in [5.74, 6) is 0.595. The van der Waals surface area contributed by atoms with Crippen molar-refractivity contribution in [3.63, 3.8) is 0 Å². The highest BCUT2D eigenvalue weighted by Crippen LogP contribution is 2.45. The smallest absolute Gasteiger partial charge is 0.410 e. The average molecular weight is 582 g/mol. The number of para-hydroxylation sites is 2. The van der Waals surface area contributed by atoms with Crippen LogP contribution in [-0.2, 0) is 9.47 Å². The van der Waals surface area contributed by atoms with Gasteiger partial charge >= 0.3 is 12.1 Å². The first kappa shape index (κ1) is 30.0. The predicted octanol–water partition coefficient (Wildman–Crippen LogP) is 7.92. The van der Waals surface area contributed by atoms with Crippen molar-refractivity contribution in [3.8, 4) is 11.5 Å². The largest absolute Gasteiger partial charge is 0.496 e. The van der Waals surface area contributed by atoms with Gasteiger partial charge < -0.3 is 18.9 Å². The molecule has 4 aromatic carbocycles. The lowest BCUT2D eigenvalue weighted by Crippen LogP contribution is -2.45. The summed E-state index contributed by atoms with van der Waals surface area (Å²) in [5.41, 5.74) is 2.58. The normalized spacial score (nSPS) is 16.9. The van der Waals surface area contributed by atoms with Crippen LogP contribution in [0.4, 0.5) is 4.79 Å². The van der Waals surface area contributed by atoms with Crippen molar-refractivity contribution in [1.82, 2.24) is 4.90 Å². The Hall–Kier alpha value is -4.52. The van der Waals surface area contributed by atoms with Gasteiger partial charge in [-0.05, 0) is 62.6 Å². The molecule has 1 amide bonds. The summed E-state index contributed by atoms with van der Waals surface area (Å²) >= 11 is 0. The molecule has 0 fully saturated rings. The van der Waals surface area contributed by atoms with Gasteiger partial charge in [0.2, 0.25) is 0 Å². The van der Waals surface area contributed by atoms with Crippen LogP contribution in [0.3, 0.4) is 0 Å². The van der Waals surface area contributed by atoms with Gasteiger partial charge in [0, 0.05) is 17.0 Å². The Morgan fingerprint density at radius 1 is 0.907 bits per heavy atom. The van der Waals surface area contributed by atoms with E-state index in [2.05, 4.69) is 24.3 Å². The monoisotopic (exact) mass is 581 g/mol. The highest BCUT2D eigenvalue weighted by atomic mass is 16.6. The number of rotatable bonds is 7. The SMILES string of the molecule is COC(=O)c1cccc(C2C[C@H](CN(C(=O)OC(C)(C)C)[C@H](C)c3cccc4ccccc34)Oc3ccccc32)c1OC. The van der Waals surface area contributed by atoms with Crippen LogP contribution in [0.2, 0.25) is 0 Å². The summed E-state index contributed by atoms with van der Waals surface area (Å²) in [6.07, 6.45) is -0.215. The minimum absolute atomic E-state index is 0.150. The van der Waals surface area contributed by atoms with Crippen LogP contribution in [0.1, 0.15) is 73.1 Å². The van der Waals surface area contributed by atoms with Crippen molar-refractivity contribution in [2.75, 3.05) is 20.8 Å². The van der Waals surface area contributed by atoms with Crippen molar-refractivity contribution in [2.45, 2.75) is 57.8 Å². The van der Waals surface area contributed by atoms with Gasteiger partial charge in [0.15, 0.2) is 0 Å². The molecule has 7 heteroatoms. The van der Waals surface area contributed by atoms with E-state index in [0.717, 1.165) is 33.2 Å². The fourth-order valence-corrected chi connectivity index (χ4v) is 5.94. The van der Waals surface area contributed by atoms with Gasteiger partial charge in [-0.1, -0.05) is 72.8 Å². The maximum Gasteiger partial charge on any atom is 0.410 e. The quantitative estimate of drug-likeness (QED) is 0.207. The summed E-state index contributed by atoms with van der Waals surface area (Å²) in [7, 11) is 2.92. The number of esters is 1. The van der Waals surface area contributed by atoms with Crippen LogP contribution in [0.5, 0.6) is 11.5 Å². The molecule has 43 heavy (non-hydrogen) atoms. The predicted molar refractivity (Wildman–Crippen MR) is 167 cm³/mol. The topological polar surface area (TPSA) is 74.3 Å². The molecule has 1 aliphatic rings. The van der Waals surface area contributed by atoms with Gasteiger partial charge in [-0.2, -0.15) is 0 Å². The van der Waals surface area contributed by atoms with E-state index in [1.54, 1.807) is 18.1 Å². The number of carbonyl (C=O) groups excluding carboxylic acids is 2. The van der Waals surface area contributed by atoms with Crippen LogP contribution >= 0.6 is 0 Å². The molecule has 0 aliphatic carbocycles. The van der Waals surface area contributed by atoms with Gasteiger partial charge in [-0.25, -0.2) is 9.59 Å². The maximum absolute atomic E-state index is 13.8. The molecule has 7 nitrogen and oxygen atoms in total. The Balaban J connectivity index is 1.54. The lowest BCUT2D eigenvalue weighted by atomic mass is 9.82. The van der Waals surface area contributed by atoms with E-state index in [1.165, 1.54) is 7.11 Å². The Labute approximate surface area is 253 Å². The zero-order valence-corrected chi connectivity index (χ0v) is 25.6.